The monoisotopic (exact) mass is 463 g/mol. The summed E-state index contributed by atoms with van der Waals surface area (Å²) in [7, 11) is 8.50. The number of likely N-dealkylation sites (N-methyl/N-ethyl adjacent to an activating group) is 2. The fourth-order valence-corrected chi connectivity index (χ4v) is 4.34. The van der Waals surface area contributed by atoms with Crippen LogP contribution in [0.1, 0.15) is 53.4 Å². The summed E-state index contributed by atoms with van der Waals surface area (Å²) in [6.07, 6.45) is -1.48. The average Bonchev–Trinajstić information content (AvgIpc) is 2.76. The molecular weight excluding hydrogens is 412 g/mol. The zero-order valence-electron chi connectivity index (χ0n) is 21.8. The van der Waals surface area contributed by atoms with Gasteiger partial charge in [-0.3, -0.25) is 0 Å². The smallest absolute Gasteiger partial charge is 0.186 e. The fraction of sp³-hybridized carbons (Fsp3) is 1.00. The predicted octanol–water partition coefficient (Wildman–Crippen LogP) is 1.46. The molecule has 0 aromatic carbocycles. The number of aliphatic hydroxyl groups is 3. The zero-order chi connectivity index (χ0) is 24.5. The van der Waals surface area contributed by atoms with Crippen LogP contribution in [-0.4, -0.2) is 122 Å². The van der Waals surface area contributed by atoms with Crippen LogP contribution in [0.5, 0.6) is 0 Å². The Kier molecular flexibility index (Phi) is 12.6. The largest absolute Gasteiger partial charge is 0.390 e. The normalized spacial score (nSPS) is 27.5. The molecule has 1 aliphatic rings. The van der Waals surface area contributed by atoms with Crippen molar-refractivity contribution in [2.24, 2.45) is 5.92 Å². The van der Waals surface area contributed by atoms with Crippen molar-refractivity contribution >= 4 is 0 Å². The molecule has 32 heavy (non-hydrogen) atoms. The van der Waals surface area contributed by atoms with Crippen LogP contribution in [0.15, 0.2) is 0 Å². The second-order valence-electron chi connectivity index (χ2n) is 10.2. The van der Waals surface area contributed by atoms with E-state index in [0.29, 0.717) is 19.4 Å². The lowest BCUT2D eigenvalue weighted by molar-refractivity contribution is -0.890. The third kappa shape index (κ3) is 8.47. The van der Waals surface area contributed by atoms with Crippen molar-refractivity contribution in [2.75, 3.05) is 61.0 Å². The maximum atomic E-state index is 11.2. The Morgan fingerprint density at radius 1 is 1.00 bits per heavy atom. The Morgan fingerprint density at radius 3 is 2.09 bits per heavy atom. The molecule has 3 N–H and O–H groups in total. The molecular formula is C24H51N2O6+. The number of quaternary nitrogens is 1. The first-order valence-corrected chi connectivity index (χ1v) is 12.4. The van der Waals surface area contributed by atoms with Crippen LogP contribution >= 0.6 is 0 Å². The van der Waals surface area contributed by atoms with Crippen molar-refractivity contribution in [3.8, 4) is 0 Å². The van der Waals surface area contributed by atoms with Gasteiger partial charge in [-0.1, -0.05) is 27.7 Å². The standard InChI is InChI=1S/C24H51N2O6/c1-9-18(10-2)31-23-22(28)21(27)20(24(29,11-3)12-4)19(32-23)17-30-16-15-26(7,8)14-13-25(5)6/h18-23,27-29H,9-17H2,1-8H3/q+1. The van der Waals surface area contributed by atoms with E-state index in [-0.39, 0.29) is 12.7 Å². The molecule has 0 saturated carbocycles. The molecule has 192 valence electrons. The molecule has 0 aromatic heterocycles. The zero-order valence-corrected chi connectivity index (χ0v) is 21.8. The van der Waals surface area contributed by atoms with E-state index >= 15 is 0 Å². The number of hydrogen-bond acceptors (Lipinski definition) is 7. The van der Waals surface area contributed by atoms with Crippen LogP contribution in [0, 0.1) is 5.92 Å². The molecule has 1 rings (SSSR count). The van der Waals surface area contributed by atoms with Gasteiger partial charge in [-0.05, 0) is 39.8 Å². The molecule has 0 aliphatic carbocycles. The fourth-order valence-electron chi connectivity index (χ4n) is 4.34. The first-order chi connectivity index (χ1) is 14.9. The summed E-state index contributed by atoms with van der Waals surface area (Å²) in [5.41, 5.74) is -1.16. The average molecular weight is 464 g/mol. The number of hydrogen-bond donors (Lipinski definition) is 3. The minimum atomic E-state index is -1.22. The Hall–Kier alpha value is -0.320. The van der Waals surface area contributed by atoms with Crippen molar-refractivity contribution in [3.63, 3.8) is 0 Å². The van der Waals surface area contributed by atoms with E-state index in [0.717, 1.165) is 37.0 Å². The van der Waals surface area contributed by atoms with Crippen LogP contribution < -0.4 is 0 Å². The molecule has 0 radical (unpaired) electrons. The van der Waals surface area contributed by atoms with Gasteiger partial charge in [0.15, 0.2) is 6.29 Å². The Balaban J connectivity index is 2.87. The summed E-state index contributed by atoms with van der Waals surface area (Å²) in [5.74, 6) is -0.662. The highest BCUT2D eigenvalue weighted by Crippen LogP contribution is 2.38. The maximum absolute atomic E-state index is 11.2. The minimum absolute atomic E-state index is 0.0639. The van der Waals surface area contributed by atoms with Gasteiger partial charge in [0.2, 0.25) is 0 Å². The highest BCUT2D eigenvalue weighted by molar-refractivity contribution is 4.99. The van der Waals surface area contributed by atoms with Crippen molar-refractivity contribution < 1.29 is 34.0 Å². The second kappa shape index (κ2) is 13.5. The number of nitrogens with zero attached hydrogens (tertiary/aromatic N) is 2. The molecule has 8 heteroatoms. The topological polar surface area (TPSA) is 91.6 Å². The number of rotatable bonds is 15. The third-order valence-electron chi connectivity index (χ3n) is 7.06. The summed E-state index contributed by atoms with van der Waals surface area (Å²) in [4.78, 5) is 2.17. The molecule has 0 bridgehead atoms. The maximum Gasteiger partial charge on any atom is 0.186 e. The van der Waals surface area contributed by atoms with Crippen molar-refractivity contribution in [3.05, 3.63) is 0 Å². The quantitative estimate of drug-likeness (QED) is 0.250. The Labute approximate surface area is 196 Å². The van der Waals surface area contributed by atoms with Crippen LogP contribution in [0.2, 0.25) is 0 Å². The van der Waals surface area contributed by atoms with E-state index < -0.39 is 36.1 Å². The summed E-state index contributed by atoms with van der Waals surface area (Å²) >= 11 is 0. The minimum Gasteiger partial charge on any atom is -0.390 e. The van der Waals surface area contributed by atoms with Gasteiger partial charge in [-0.2, -0.15) is 0 Å². The first-order valence-electron chi connectivity index (χ1n) is 12.4. The van der Waals surface area contributed by atoms with Gasteiger partial charge in [0, 0.05) is 12.5 Å². The highest BCUT2D eigenvalue weighted by atomic mass is 16.7. The third-order valence-corrected chi connectivity index (χ3v) is 7.06. The summed E-state index contributed by atoms with van der Waals surface area (Å²) < 4.78 is 19.0. The van der Waals surface area contributed by atoms with Gasteiger partial charge in [-0.25, -0.2) is 0 Å². The van der Waals surface area contributed by atoms with Crippen molar-refractivity contribution in [1.29, 1.82) is 0 Å². The van der Waals surface area contributed by atoms with E-state index in [1.807, 2.05) is 27.7 Å². The van der Waals surface area contributed by atoms with E-state index in [4.69, 9.17) is 14.2 Å². The van der Waals surface area contributed by atoms with E-state index in [2.05, 4.69) is 33.1 Å². The Morgan fingerprint density at radius 2 is 1.59 bits per heavy atom. The predicted molar refractivity (Wildman–Crippen MR) is 126 cm³/mol. The number of aliphatic hydroxyl groups excluding tert-OH is 2. The molecule has 8 nitrogen and oxygen atoms in total. The number of ether oxygens (including phenoxy) is 3. The molecule has 1 fully saturated rings. The molecule has 1 saturated heterocycles. The van der Waals surface area contributed by atoms with E-state index in [1.54, 1.807) is 0 Å². The molecule has 0 spiro atoms. The van der Waals surface area contributed by atoms with Gasteiger partial charge in [0.25, 0.3) is 0 Å². The van der Waals surface area contributed by atoms with Gasteiger partial charge in [0.05, 0.1) is 57.8 Å². The molecule has 1 aliphatic heterocycles. The lowest BCUT2D eigenvalue weighted by Gasteiger charge is -2.49. The molecule has 5 atom stereocenters. The van der Waals surface area contributed by atoms with E-state index in [1.165, 1.54) is 0 Å². The molecule has 0 aromatic rings. The molecule has 5 unspecified atom stereocenters. The second-order valence-corrected chi connectivity index (χ2v) is 10.2. The van der Waals surface area contributed by atoms with Crippen molar-refractivity contribution in [2.45, 2.75) is 89.7 Å². The highest BCUT2D eigenvalue weighted by Gasteiger charge is 2.53. The summed E-state index contributed by atoms with van der Waals surface area (Å²) in [6, 6.07) is 0. The van der Waals surface area contributed by atoms with Crippen LogP contribution in [0.25, 0.3) is 0 Å². The van der Waals surface area contributed by atoms with Crippen molar-refractivity contribution in [1.82, 2.24) is 4.90 Å². The van der Waals surface area contributed by atoms with Crippen LogP contribution in [0.4, 0.5) is 0 Å². The van der Waals surface area contributed by atoms with Gasteiger partial charge < -0.3 is 38.9 Å². The first kappa shape index (κ1) is 29.7. The van der Waals surface area contributed by atoms with Gasteiger partial charge in [0.1, 0.15) is 12.6 Å². The van der Waals surface area contributed by atoms with Crippen LogP contribution in [-0.2, 0) is 14.2 Å². The van der Waals surface area contributed by atoms with Gasteiger partial charge >= 0.3 is 0 Å². The Bertz CT molecular complexity index is 511. The molecule has 1 heterocycles. The summed E-state index contributed by atoms with van der Waals surface area (Å²) in [6.45, 7) is 11.4. The molecule has 0 amide bonds. The van der Waals surface area contributed by atoms with E-state index in [9.17, 15) is 15.3 Å². The lowest BCUT2D eigenvalue weighted by atomic mass is 9.73. The lowest BCUT2D eigenvalue weighted by Crippen LogP contribution is -2.63. The SMILES string of the molecule is CCC(CC)OC1OC(COCC[N+](C)(C)CCN(C)C)C(C(O)(CC)CC)C(O)C1O. The van der Waals surface area contributed by atoms with Gasteiger partial charge in [-0.15, -0.1) is 0 Å². The summed E-state index contributed by atoms with van der Waals surface area (Å²) in [5, 5.41) is 33.0. The van der Waals surface area contributed by atoms with Crippen LogP contribution in [0.3, 0.4) is 0 Å².